The van der Waals surface area contributed by atoms with Crippen LogP contribution in [0.4, 0.5) is 0 Å². The van der Waals surface area contributed by atoms with Gasteiger partial charge in [-0.3, -0.25) is 14.5 Å². The summed E-state index contributed by atoms with van der Waals surface area (Å²) in [4.78, 5) is 30.5. The highest BCUT2D eigenvalue weighted by Crippen LogP contribution is 2.19. The highest BCUT2D eigenvalue weighted by atomic mass is 16.2. The zero-order valence-corrected chi connectivity index (χ0v) is 14.5. The molecule has 2 saturated heterocycles. The predicted octanol–water partition coefficient (Wildman–Crippen LogP) is 1.08. The van der Waals surface area contributed by atoms with Gasteiger partial charge in [0, 0.05) is 39.1 Å². The second-order valence-corrected chi connectivity index (χ2v) is 6.79. The quantitative estimate of drug-likeness (QED) is 0.760. The molecule has 6 heteroatoms. The third kappa shape index (κ3) is 3.84. The Balaban J connectivity index is 1.95. The molecular formula is C17H28N4O2. The van der Waals surface area contributed by atoms with E-state index in [2.05, 4.69) is 24.8 Å². The molecule has 6 nitrogen and oxygen atoms in total. The Morgan fingerprint density at radius 3 is 2.30 bits per heavy atom. The van der Waals surface area contributed by atoms with E-state index in [1.54, 1.807) is 4.90 Å². The lowest BCUT2D eigenvalue weighted by Gasteiger charge is -2.40. The van der Waals surface area contributed by atoms with Crippen molar-refractivity contribution < 1.29 is 9.59 Å². The highest BCUT2D eigenvalue weighted by Gasteiger charge is 2.36. The number of nitriles is 1. The van der Waals surface area contributed by atoms with Gasteiger partial charge < -0.3 is 9.80 Å². The van der Waals surface area contributed by atoms with Gasteiger partial charge in [0.05, 0.1) is 6.07 Å². The standard InChI is InChI=1S/C17H28N4O2/c1-4-14(21-7-5-6-16(21)22)17(23)20-10-8-19(9-11-20)15(12-18)13(2)3/h13-15H,4-11H2,1-3H3/t14-,15+/m0/s1. The number of carbonyl (C=O) groups excluding carboxylic acids is 2. The maximum atomic E-state index is 12.8. The lowest BCUT2D eigenvalue weighted by molar-refractivity contribution is -0.145. The monoisotopic (exact) mass is 320 g/mol. The van der Waals surface area contributed by atoms with Gasteiger partial charge in [0.1, 0.15) is 12.1 Å². The van der Waals surface area contributed by atoms with Crippen LogP contribution < -0.4 is 0 Å². The number of amides is 2. The molecule has 0 aromatic carbocycles. The molecule has 2 atom stereocenters. The van der Waals surface area contributed by atoms with Crippen LogP contribution >= 0.6 is 0 Å². The van der Waals surface area contributed by atoms with Crippen LogP contribution in [-0.2, 0) is 9.59 Å². The third-order valence-electron chi connectivity index (χ3n) is 4.94. The Morgan fingerprint density at radius 1 is 1.22 bits per heavy atom. The molecule has 2 amide bonds. The highest BCUT2D eigenvalue weighted by molar-refractivity contribution is 5.88. The van der Waals surface area contributed by atoms with E-state index < -0.39 is 0 Å². The van der Waals surface area contributed by atoms with Gasteiger partial charge >= 0.3 is 0 Å². The van der Waals surface area contributed by atoms with Gasteiger partial charge in [0.25, 0.3) is 0 Å². The topological polar surface area (TPSA) is 67.7 Å². The summed E-state index contributed by atoms with van der Waals surface area (Å²) < 4.78 is 0. The average Bonchev–Trinajstić information content (AvgIpc) is 2.95. The van der Waals surface area contributed by atoms with Gasteiger partial charge in [-0.2, -0.15) is 5.26 Å². The molecule has 0 bridgehead atoms. The second-order valence-electron chi connectivity index (χ2n) is 6.79. The number of piperazine rings is 1. The van der Waals surface area contributed by atoms with Crippen molar-refractivity contribution in [3.63, 3.8) is 0 Å². The van der Waals surface area contributed by atoms with Gasteiger partial charge in [-0.05, 0) is 18.8 Å². The minimum atomic E-state index is -0.312. The minimum Gasteiger partial charge on any atom is -0.338 e. The van der Waals surface area contributed by atoms with Crippen molar-refractivity contribution in [1.82, 2.24) is 14.7 Å². The van der Waals surface area contributed by atoms with E-state index in [9.17, 15) is 14.9 Å². The summed E-state index contributed by atoms with van der Waals surface area (Å²) in [6, 6.07) is 1.97. The molecule has 2 rings (SSSR count). The molecule has 0 spiro atoms. The van der Waals surface area contributed by atoms with E-state index in [0.29, 0.717) is 32.5 Å². The van der Waals surface area contributed by atoms with Crippen LogP contribution in [0.1, 0.15) is 40.0 Å². The van der Waals surface area contributed by atoms with E-state index >= 15 is 0 Å². The van der Waals surface area contributed by atoms with Crippen molar-refractivity contribution in [1.29, 1.82) is 5.26 Å². The summed E-state index contributed by atoms with van der Waals surface area (Å²) in [6.45, 7) is 9.51. The number of likely N-dealkylation sites (tertiary alicyclic amines) is 1. The smallest absolute Gasteiger partial charge is 0.245 e. The molecule has 23 heavy (non-hydrogen) atoms. The van der Waals surface area contributed by atoms with Crippen LogP contribution in [0.5, 0.6) is 0 Å². The average molecular weight is 320 g/mol. The largest absolute Gasteiger partial charge is 0.338 e. The maximum Gasteiger partial charge on any atom is 0.245 e. The molecule has 2 fully saturated rings. The minimum absolute atomic E-state index is 0.0699. The van der Waals surface area contributed by atoms with E-state index in [1.807, 2.05) is 11.8 Å². The van der Waals surface area contributed by atoms with Crippen LogP contribution in [0.2, 0.25) is 0 Å². The molecule has 2 aliphatic heterocycles. The molecule has 0 unspecified atom stereocenters. The Hall–Kier alpha value is -1.61. The first kappa shape index (κ1) is 17.7. The van der Waals surface area contributed by atoms with Crippen molar-refractivity contribution in [3.8, 4) is 6.07 Å². The Bertz CT molecular complexity index is 477. The van der Waals surface area contributed by atoms with Crippen molar-refractivity contribution in [2.24, 2.45) is 5.92 Å². The molecular weight excluding hydrogens is 292 g/mol. The number of hydrogen-bond acceptors (Lipinski definition) is 4. The van der Waals surface area contributed by atoms with Crippen molar-refractivity contribution in [2.45, 2.75) is 52.1 Å². The first-order valence-corrected chi connectivity index (χ1v) is 8.71. The molecule has 2 aliphatic rings. The molecule has 0 radical (unpaired) electrons. The zero-order chi connectivity index (χ0) is 17.0. The summed E-state index contributed by atoms with van der Waals surface area (Å²) in [5.41, 5.74) is 0. The summed E-state index contributed by atoms with van der Waals surface area (Å²) in [5.74, 6) is 0.460. The fourth-order valence-electron chi connectivity index (χ4n) is 3.61. The van der Waals surface area contributed by atoms with Crippen LogP contribution in [0, 0.1) is 17.2 Å². The molecule has 0 aromatic heterocycles. The van der Waals surface area contributed by atoms with E-state index in [-0.39, 0.29) is 29.8 Å². The van der Waals surface area contributed by atoms with Gasteiger partial charge in [-0.25, -0.2) is 0 Å². The van der Waals surface area contributed by atoms with Crippen molar-refractivity contribution in [3.05, 3.63) is 0 Å². The van der Waals surface area contributed by atoms with E-state index in [4.69, 9.17) is 0 Å². The molecule has 0 aromatic rings. The maximum absolute atomic E-state index is 12.8. The molecule has 0 saturated carbocycles. The first-order chi connectivity index (χ1) is 11.0. The van der Waals surface area contributed by atoms with Crippen LogP contribution in [0.3, 0.4) is 0 Å². The summed E-state index contributed by atoms with van der Waals surface area (Å²) in [7, 11) is 0. The zero-order valence-electron chi connectivity index (χ0n) is 14.5. The Labute approximate surface area is 139 Å². The SMILES string of the molecule is CC[C@@H](C(=O)N1CCN([C@H](C#N)C(C)C)CC1)N1CCCC1=O. The normalized spacial score (nSPS) is 22.3. The summed E-state index contributed by atoms with van der Waals surface area (Å²) >= 11 is 0. The fourth-order valence-corrected chi connectivity index (χ4v) is 3.61. The van der Waals surface area contributed by atoms with Crippen LogP contribution in [0.15, 0.2) is 0 Å². The Kier molecular flexibility index (Phi) is 6.00. The number of hydrogen-bond donors (Lipinski definition) is 0. The van der Waals surface area contributed by atoms with Gasteiger partial charge in [-0.1, -0.05) is 20.8 Å². The van der Waals surface area contributed by atoms with Crippen molar-refractivity contribution >= 4 is 11.8 Å². The molecule has 128 valence electrons. The predicted molar refractivity (Wildman–Crippen MR) is 87.4 cm³/mol. The lowest BCUT2D eigenvalue weighted by Crippen LogP contribution is -2.57. The number of carbonyl (C=O) groups is 2. The van der Waals surface area contributed by atoms with Gasteiger partial charge in [-0.15, -0.1) is 0 Å². The number of nitrogens with zero attached hydrogens (tertiary/aromatic N) is 4. The lowest BCUT2D eigenvalue weighted by atomic mass is 10.0. The van der Waals surface area contributed by atoms with Gasteiger partial charge in [0.2, 0.25) is 11.8 Å². The van der Waals surface area contributed by atoms with Crippen LogP contribution in [-0.4, -0.2) is 71.3 Å². The van der Waals surface area contributed by atoms with E-state index in [1.165, 1.54) is 0 Å². The first-order valence-electron chi connectivity index (χ1n) is 8.71. The fraction of sp³-hybridized carbons (Fsp3) is 0.824. The summed E-state index contributed by atoms with van der Waals surface area (Å²) in [6.07, 6.45) is 2.09. The molecule has 0 N–H and O–H groups in total. The summed E-state index contributed by atoms with van der Waals surface area (Å²) in [5, 5.41) is 9.31. The van der Waals surface area contributed by atoms with E-state index in [0.717, 1.165) is 19.5 Å². The van der Waals surface area contributed by atoms with Crippen molar-refractivity contribution in [2.75, 3.05) is 32.7 Å². The molecule has 0 aliphatic carbocycles. The van der Waals surface area contributed by atoms with Crippen LogP contribution in [0.25, 0.3) is 0 Å². The second kappa shape index (κ2) is 7.78. The Morgan fingerprint density at radius 2 is 1.87 bits per heavy atom. The van der Waals surface area contributed by atoms with Gasteiger partial charge in [0.15, 0.2) is 0 Å². The number of rotatable bonds is 5. The third-order valence-corrected chi connectivity index (χ3v) is 4.94. The molecule has 2 heterocycles.